The van der Waals surface area contributed by atoms with E-state index in [-0.39, 0.29) is 36.9 Å². The Balaban J connectivity index is 0.902. The quantitative estimate of drug-likeness (QED) is 0.161. The Morgan fingerprint density at radius 2 is 1.56 bits per heavy atom. The van der Waals surface area contributed by atoms with E-state index in [2.05, 4.69) is 25.0 Å². The smallest absolute Gasteiger partial charge is 0.350 e. The fraction of sp³-hybridized carbons (Fsp3) is 0.425. The van der Waals surface area contributed by atoms with Gasteiger partial charge in [-0.05, 0) is 80.4 Å². The fourth-order valence-electron chi connectivity index (χ4n) is 6.88. The zero-order valence-electron chi connectivity index (χ0n) is 32.3. The van der Waals surface area contributed by atoms with Gasteiger partial charge in [0.05, 0.1) is 18.3 Å². The number of carbonyl (C=O) groups is 1. The predicted molar refractivity (Wildman–Crippen MR) is 206 cm³/mol. The van der Waals surface area contributed by atoms with Gasteiger partial charge in [0.1, 0.15) is 67.8 Å². The highest BCUT2D eigenvalue weighted by atomic mass is 19.1. The standard InChI is InChI=1S/C40H47F2N9O6/c1-26(2)37(43)38(52)56-28(4)27(3)51-39(53)50(25-46-51)32-8-6-30(7-9-32)47-15-17-48(18-16-47)31-10-12-33(13-11-31)54-20-34-21-55-40(57-34,22-49-24-44-23-45-49)35-14-5-29(41)19-36(35)42/h5-14,19,23-28,34,37H,15-18,20-22,43H2,1-4H3/t27?,28?,34?,37-,40?/m0/s1. The largest absolute Gasteiger partial charge is 0.491 e. The van der Waals surface area contributed by atoms with Gasteiger partial charge in [0, 0.05) is 49.2 Å². The highest BCUT2D eigenvalue weighted by Gasteiger charge is 2.46. The topological polar surface area (TPSA) is 157 Å². The second-order valence-electron chi connectivity index (χ2n) is 14.7. The summed E-state index contributed by atoms with van der Waals surface area (Å²) < 4.78 is 56.8. The van der Waals surface area contributed by atoms with Crippen LogP contribution in [0, 0.1) is 17.6 Å². The van der Waals surface area contributed by atoms with Crippen LogP contribution in [0.2, 0.25) is 0 Å². The molecule has 5 atom stereocenters. The van der Waals surface area contributed by atoms with E-state index in [0.717, 1.165) is 43.6 Å². The highest BCUT2D eigenvalue weighted by molar-refractivity contribution is 5.76. The molecule has 3 aromatic carbocycles. The molecule has 2 aliphatic heterocycles. The molecule has 7 rings (SSSR count). The average Bonchev–Trinajstić information content (AvgIpc) is 3.98. The van der Waals surface area contributed by atoms with Crippen LogP contribution in [0.25, 0.3) is 5.69 Å². The van der Waals surface area contributed by atoms with Gasteiger partial charge >= 0.3 is 11.7 Å². The number of halogens is 2. The van der Waals surface area contributed by atoms with E-state index in [4.69, 9.17) is 24.7 Å². The van der Waals surface area contributed by atoms with Crippen molar-refractivity contribution >= 4 is 17.3 Å². The van der Waals surface area contributed by atoms with Crippen LogP contribution in [0.1, 0.15) is 39.3 Å². The Bertz CT molecular complexity index is 2170. The lowest BCUT2D eigenvalue weighted by Crippen LogP contribution is -2.46. The lowest BCUT2D eigenvalue weighted by Gasteiger charge is -2.37. The molecule has 302 valence electrons. The maximum absolute atomic E-state index is 14.9. The molecule has 5 aromatic rings. The number of rotatable bonds is 14. The van der Waals surface area contributed by atoms with Gasteiger partial charge in [-0.2, -0.15) is 10.2 Å². The zero-order valence-corrected chi connectivity index (χ0v) is 32.3. The van der Waals surface area contributed by atoms with Crippen molar-refractivity contribution in [3.63, 3.8) is 0 Å². The fourth-order valence-corrected chi connectivity index (χ4v) is 6.88. The third-order valence-electron chi connectivity index (χ3n) is 10.5. The van der Waals surface area contributed by atoms with Crippen molar-refractivity contribution in [3.8, 4) is 11.4 Å². The SMILES string of the molecule is CC(OC(=O)[C@@H](N)C(C)C)C(C)n1ncn(-c2ccc(N3CCN(c4ccc(OCC5COC(Cn6cncn6)(c6ccc(F)cc6F)O5)cc4)CC3)cc2)c1=O. The molecule has 0 spiro atoms. The van der Waals surface area contributed by atoms with Crippen molar-refractivity contribution in [1.29, 1.82) is 0 Å². The Morgan fingerprint density at radius 1 is 0.912 bits per heavy atom. The van der Waals surface area contributed by atoms with Crippen molar-refractivity contribution in [1.82, 2.24) is 29.1 Å². The van der Waals surface area contributed by atoms with Gasteiger partial charge in [0.25, 0.3) is 0 Å². The monoisotopic (exact) mass is 787 g/mol. The van der Waals surface area contributed by atoms with Crippen molar-refractivity contribution in [3.05, 3.63) is 113 Å². The molecule has 0 amide bonds. The first-order valence-electron chi connectivity index (χ1n) is 19.0. The van der Waals surface area contributed by atoms with Crippen LogP contribution in [0.3, 0.4) is 0 Å². The highest BCUT2D eigenvalue weighted by Crippen LogP contribution is 2.38. The third kappa shape index (κ3) is 8.69. The number of ether oxygens (including phenoxy) is 4. The summed E-state index contributed by atoms with van der Waals surface area (Å²) >= 11 is 0. The second-order valence-corrected chi connectivity index (χ2v) is 14.7. The van der Waals surface area contributed by atoms with E-state index in [0.29, 0.717) is 11.4 Å². The molecule has 17 heteroatoms. The molecule has 2 aromatic heterocycles. The molecule has 15 nitrogen and oxygen atoms in total. The molecular formula is C40H47F2N9O6. The molecule has 57 heavy (non-hydrogen) atoms. The second kappa shape index (κ2) is 16.8. The van der Waals surface area contributed by atoms with Crippen LogP contribution in [-0.2, 0) is 31.3 Å². The van der Waals surface area contributed by atoms with E-state index in [1.54, 1.807) is 13.8 Å². The van der Waals surface area contributed by atoms with Crippen LogP contribution < -0.4 is 26.0 Å². The van der Waals surface area contributed by atoms with E-state index in [1.165, 1.54) is 45.0 Å². The van der Waals surface area contributed by atoms with Gasteiger partial charge < -0.3 is 34.5 Å². The summed E-state index contributed by atoms with van der Waals surface area (Å²) in [5.41, 5.74) is 8.44. The first-order valence-corrected chi connectivity index (χ1v) is 19.0. The minimum atomic E-state index is -1.53. The van der Waals surface area contributed by atoms with E-state index in [1.807, 2.05) is 62.4 Å². The number of carbonyl (C=O) groups excluding carboxylic acids is 1. The van der Waals surface area contributed by atoms with Crippen molar-refractivity contribution in [2.75, 3.05) is 49.2 Å². The molecule has 0 saturated carbocycles. The summed E-state index contributed by atoms with van der Waals surface area (Å²) in [5, 5.41) is 8.41. The van der Waals surface area contributed by atoms with Gasteiger partial charge in [-0.3, -0.25) is 4.79 Å². The Morgan fingerprint density at radius 3 is 2.18 bits per heavy atom. The summed E-state index contributed by atoms with van der Waals surface area (Å²) in [6.45, 7) is 10.7. The Hall–Kier alpha value is -5.65. The van der Waals surface area contributed by atoms with Crippen molar-refractivity contribution in [2.24, 2.45) is 11.7 Å². The number of hydrogen-bond donors (Lipinski definition) is 1. The number of aromatic nitrogens is 6. The number of nitrogens with zero attached hydrogens (tertiary/aromatic N) is 8. The number of hydrogen-bond acceptors (Lipinski definition) is 12. The molecule has 0 aliphatic carbocycles. The first kappa shape index (κ1) is 39.6. The van der Waals surface area contributed by atoms with E-state index < -0.39 is 47.7 Å². The lowest BCUT2D eigenvalue weighted by molar-refractivity contribution is -0.192. The summed E-state index contributed by atoms with van der Waals surface area (Å²) in [7, 11) is 0. The van der Waals surface area contributed by atoms with Crippen molar-refractivity contribution < 1.29 is 32.5 Å². The van der Waals surface area contributed by atoms with E-state index >= 15 is 0 Å². The predicted octanol–water partition coefficient (Wildman–Crippen LogP) is 4.05. The van der Waals surface area contributed by atoms with Crippen LogP contribution in [-0.4, -0.2) is 92.7 Å². The first-order chi connectivity index (χ1) is 27.4. The normalized spacial score (nSPS) is 20.1. The minimum Gasteiger partial charge on any atom is -0.491 e. The van der Waals surface area contributed by atoms with Gasteiger partial charge in [0.2, 0.25) is 5.79 Å². The average molecular weight is 788 g/mol. The van der Waals surface area contributed by atoms with Crippen molar-refractivity contribution in [2.45, 2.75) is 64.3 Å². The van der Waals surface area contributed by atoms with Gasteiger partial charge in [0.15, 0.2) is 0 Å². The number of anilines is 2. The third-order valence-corrected chi connectivity index (χ3v) is 10.5. The molecule has 2 saturated heterocycles. The van der Waals surface area contributed by atoms with E-state index in [9.17, 15) is 18.4 Å². The molecule has 2 aliphatic rings. The number of esters is 1. The summed E-state index contributed by atoms with van der Waals surface area (Å²) in [4.78, 5) is 34.2. The van der Waals surface area contributed by atoms with Crippen LogP contribution in [0.4, 0.5) is 20.2 Å². The minimum absolute atomic E-state index is 0.0176. The Labute approximate surface area is 328 Å². The summed E-state index contributed by atoms with van der Waals surface area (Å²) in [6.07, 6.45) is 3.17. The number of benzene rings is 3. The molecule has 0 radical (unpaired) electrons. The molecule has 2 fully saturated rings. The maximum Gasteiger partial charge on any atom is 0.350 e. The summed E-state index contributed by atoms with van der Waals surface area (Å²) in [5.74, 6) is -2.94. The zero-order chi connectivity index (χ0) is 40.3. The molecular weight excluding hydrogens is 740 g/mol. The summed E-state index contributed by atoms with van der Waals surface area (Å²) in [6, 6.07) is 17.7. The molecule has 4 heterocycles. The molecule has 2 N–H and O–H groups in total. The molecule has 4 unspecified atom stereocenters. The van der Waals surface area contributed by atoms with Crippen LogP contribution in [0.15, 0.2) is 90.5 Å². The molecule has 0 bridgehead atoms. The van der Waals surface area contributed by atoms with Crippen LogP contribution >= 0.6 is 0 Å². The van der Waals surface area contributed by atoms with Gasteiger partial charge in [-0.25, -0.2) is 32.5 Å². The lowest BCUT2D eigenvalue weighted by atomic mass is 10.0. The van der Waals surface area contributed by atoms with Gasteiger partial charge in [-0.1, -0.05) is 13.8 Å². The number of nitrogens with two attached hydrogens (primary N) is 1. The number of piperazine rings is 1. The Kier molecular flexibility index (Phi) is 11.7. The van der Waals surface area contributed by atoms with Gasteiger partial charge in [-0.15, -0.1) is 0 Å². The van der Waals surface area contributed by atoms with Crippen LogP contribution in [0.5, 0.6) is 5.75 Å². The maximum atomic E-state index is 14.9.